The van der Waals surface area contributed by atoms with Crippen LogP contribution < -0.4 is 0 Å². The lowest BCUT2D eigenvalue weighted by molar-refractivity contribution is -0.959. The second-order valence-corrected chi connectivity index (χ2v) is 11.4. The highest BCUT2D eigenvalue weighted by Gasteiger charge is 2.51. The predicted molar refractivity (Wildman–Crippen MR) is 142 cm³/mol. The zero-order valence-corrected chi connectivity index (χ0v) is 21.9. The number of benzene rings is 2. The number of hydrogen-bond acceptors (Lipinski definition) is 5. The molecular weight excluding hydrogens is 462 g/mol. The van der Waals surface area contributed by atoms with E-state index in [-0.39, 0.29) is 12.1 Å². The summed E-state index contributed by atoms with van der Waals surface area (Å²) in [5.41, 5.74) is 1.31. The average Bonchev–Trinajstić information content (AvgIpc) is 3.42. The monoisotopic (exact) mass is 500 g/mol. The van der Waals surface area contributed by atoms with E-state index in [0.717, 1.165) is 92.2 Å². The van der Waals surface area contributed by atoms with Gasteiger partial charge in [0.25, 0.3) is 5.89 Å². The first-order chi connectivity index (χ1) is 18.1. The number of likely N-dealkylation sites (tertiary alicyclic amines) is 1. The molecule has 7 rings (SSSR count). The Hall–Kier alpha value is -2.96. The molecule has 3 aromatic rings. The molecule has 0 amide bonds. The number of esters is 1. The van der Waals surface area contributed by atoms with E-state index >= 15 is 0 Å². The SMILES string of the molecule is C[C@](C(=O)O[C@H]1C[N+]2(Cc3ncc(-c4ccccc4)o3)CCC1CC2)(c1ccccc1)N1CCCCC1. The first-order valence-corrected chi connectivity index (χ1v) is 13.9. The molecule has 4 fully saturated rings. The van der Waals surface area contributed by atoms with Gasteiger partial charge in [0.2, 0.25) is 0 Å². The maximum absolute atomic E-state index is 14.0. The molecule has 0 saturated carbocycles. The van der Waals surface area contributed by atoms with Crippen molar-refractivity contribution < 1.29 is 18.4 Å². The van der Waals surface area contributed by atoms with Crippen molar-refractivity contribution in [3.8, 4) is 11.3 Å². The predicted octanol–water partition coefficient (Wildman–Crippen LogP) is 5.40. The third kappa shape index (κ3) is 4.73. The number of ether oxygens (including phenoxy) is 1. The number of aromatic nitrogens is 1. The number of carbonyl (C=O) groups is 1. The van der Waals surface area contributed by atoms with Crippen LogP contribution in [0.1, 0.15) is 50.5 Å². The van der Waals surface area contributed by atoms with Crippen molar-refractivity contribution in [1.29, 1.82) is 0 Å². The minimum Gasteiger partial charge on any atom is -0.454 e. The van der Waals surface area contributed by atoms with Gasteiger partial charge in [-0.15, -0.1) is 0 Å². The van der Waals surface area contributed by atoms with Gasteiger partial charge < -0.3 is 13.6 Å². The largest absolute Gasteiger partial charge is 0.454 e. The van der Waals surface area contributed by atoms with Gasteiger partial charge >= 0.3 is 5.97 Å². The maximum Gasteiger partial charge on any atom is 0.331 e. The van der Waals surface area contributed by atoms with E-state index in [9.17, 15) is 4.79 Å². The standard InChI is InChI=1S/C31H38N3O3/c1-31(26-13-7-3-8-14-26,33-17-9-4-10-18-33)30(35)37-28-22-34(19-15-25(28)16-20-34)23-29-32-21-27(36-29)24-11-5-2-6-12-24/h2-3,5-8,11-14,21,25,28H,4,9-10,15-20,22-23H2,1H3/q+1/t25?,28-,31+,34?/m0/s1. The number of nitrogens with zero attached hydrogens (tertiary/aromatic N) is 3. The molecule has 2 aromatic carbocycles. The highest BCUT2D eigenvalue weighted by atomic mass is 16.5. The number of fused-ring (bicyclic) bond motifs is 3. The van der Waals surface area contributed by atoms with Gasteiger partial charge in [0.05, 0.1) is 19.3 Å². The number of hydrogen-bond donors (Lipinski definition) is 0. The van der Waals surface area contributed by atoms with Crippen LogP contribution in [0.5, 0.6) is 0 Å². The number of oxazole rings is 1. The highest BCUT2D eigenvalue weighted by molar-refractivity contribution is 5.82. The topological polar surface area (TPSA) is 55.6 Å². The molecule has 0 aliphatic carbocycles. The molecule has 2 bridgehead atoms. The number of rotatable bonds is 7. The molecule has 194 valence electrons. The summed E-state index contributed by atoms with van der Waals surface area (Å²) >= 11 is 0. The van der Waals surface area contributed by atoms with Gasteiger partial charge in [0.1, 0.15) is 12.1 Å². The van der Waals surface area contributed by atoms with E-state index < -0.39 is 5.54 Å². The van der Waals surface area contributed by atoms with Crippen molar-refractivity contribution in [2.75, 3.05) is 32.7 Å². The molecule has 6 heteroatoms. The Morgan fingerprint density at radius 3 is 2.41 bits per heavy atom. The van der Waals surface area contributed by atoms with Gasteiger partial charge in [-0.3, -0.25) is 4.90 Å². The molecule has 0 unspecified atom stereocenters. The van der Waals surface area contributed by atoms with Crippen molar-refractivity contribution in [2.24, 2.45) is 5.92 Å². The van der Waals surface area contributed by atoms with Gasteiger partial charge in [-0.25, -0.2) is 9.78 Å². The first-order valence-electron chi connectivity index (χ1n) is 13.9. The van der Waals surface area contributed by atoms with E-state index in [0.29, 0.717) is 5.92 Å². The van der Waals surface area contributed by atoms with Crippen LogP contribution in [-0.4, -0.2) is 59.2 Å². The van der Waals surface area contributed by atoms with Gasteiger partial charge in [0.15, 0.2) is 18.4 Å². The maximum atomic E-state index is 14.0. The van der Waals surface area contributed by atoms with E-state index in [4.69, 9.17) is 9.15 Å². The van der Waals surface area contributed by atoms with Gasteiger partial charge in [-0.2, -0.15) is 0 Å². The number of piperidine rings is 4. The molecule has 0 N–H and O–H groups in total. The van der Waals surface area contributed by atoms with E-state index in [1.165, 1.54) is 6.42 Å². The fraction of sp³-hybridized carbons (Fsp3) is 0.484. The Kier molecular flexibility index (Phi) is 6.63. The summed E-state index contributed by atoms with van der Waals surface area (Å²) in [6.45, 7) is 7.69. The van der Waals surface area contributed by atoms with E-state index in [2.05, 4.69) is 28.9 Å². The second kappa shape index (κ2) is 10.1. The summed E-state index contributed by atoms with van der Waals surface area (Å²) < 4.78 is 13.6. The lowest BCUT2D eigenvalue weighted by Crippen LogP contribution is -2.64. The molecule has 4 aliphatic heterocycles. The molecular formula is C31H38N3O3+. The Morgan fingerprint density at radius 2 is 1.70 bits per heavy atom. The molecule has 37 heavy (non-hydrogen) atoms. The summed E-state index contributed by atoms with van der Waals surface area (Å²) in [5.74, 6) is 1.92. The molecule has 5 heterocycles. The quantitative estimate of drug-likeness (QED) is 0.321. The van der Waals surface area contributed by atoms with E-state index in [1.54, 1.807) is 0 Å². The van der Waals surface area contributed by atoms with Crippen molar-refractivity contribution in [3.05, 3.63) is 78.3 Å². The summed E-state index contributed by atoms with van der Waals surface area (Å²) in [5, 5.41) is 0. The molecule has 1 aromatic heterocycles. The van der Waals surface area contributed by atoms with Crippen LogP contribution in [0.15, 0.2) is 71.3 Å². The van der Waals surface area contributed by atoms with Crippen molar-refractivity contribution in [2.45, 2.75) is 57.2 Å². The zero-order valence-electron chi connectivity index (χ0n) is 21.9. The normalized spacial score (nSPS) is 27.5. The minimum atomic E-state index is -0.758. The number of quaternary nitrogens is 1. The van der Waals surface area contributed by atoms with Crippen LogP contribution in [0.3, 0.4) is 0 Å². The average molecular weight is 501 g/mol. The lowest BCUT2D eigenvalue weighted by Gasteiger charge is -2.52. The summed E-state index contributed by atoms with van der Waals surface area (Å²) in [6, 6.07) is 20.3. The Bertz CT molecular complexity index is 1200. The van der Waals surface area contributed by atoms with Crippen LogP contribution in [0.2, 0.25) is 0 Å². The first kappa shape index (κ1) is 24.4. The number of carbonyl (C=O) groups excluding carboxylic acids is 1. The summed E-state index contributed by atoms with van der Waals surface area (Å²) in [6.07, 6.45) is 7.42. The minimum absolute atomic E-state index is 0.0635. The Labute approximate surface area is 219 Å². The molecule has 0 spiro atoms. The smallest absolute Gasteiger partial charge is 0.331 e. The molecule has 4 saturated heterocycles. The third-order valence-electron chi connectivity index (χ3n) is 9.10. The molecule has 2 atom stereocenters. The Balaban J connectivity index is 1.20. The van der Waals surface area contributed by atoms with Crippen LogP contribution in [0, 0.1) is 5.92 Å². The summed E-state index contributed by atoms with van der Waals surface area (Å²) in [7, 11) is 0. The fourth-order valence-electron chi connectivity index (χ4n) is 6.77. The third-order valence-corrected chi connectivity index (χ3v) is 9.10. The van der Waals surface area contributed by atoms with Crippen molar-refractivity contribution in [3.63, 3.8) is 0 Å². The van der Waals surface area contributed by atoms with Crippen LogP contribution in [0.4, 0.5) is 0 Å². The van der Waals surface area contributed by atoms with Crippen molar-refractivity contribution in [1.82, 2.24) is 9.88 Å². The molecule has 4 aliphatic rings. The summed E-state index contributed by atoms with van der Waals surface area (Å²) in [4.78, 5) is 21.0. The highest BCUT2D eigenvalue weighted by Crippen LogP contribution is 2.40. The van der Waals surface area contributed by atoms with Gasteiger partial charge in [-0.1, -0.05) is 67.1 Å². The van der Waals surface area contributed by atoms with Gasteiger partial charge in [-0.05, 0) is 38.4 Å². The van der Waals surface area contributed by atoms with Crippen molar-refractivity contribution >= 4 is 5.97 Å². The lowest BCUT2D eigenvalue weighted by atomic mass is 9.82. The van der Waals surface area contributed by atoms with Gasteiger partial charge in [0, 0.05) is 24.3 Å². The van der Waals surface area contributed by atoms with Crippen LogP contribution in [-0.2, 0) is 21.6 Å². The second-order valence-electron chi connectivity index (χ2n) is 11.4. The fourth-order valence-corrected chi connectivity index (χ4v) is 6.77. The van der Waals surface area contributed by atoms with Crippen LogP contribution in [0.25, 0.3) is 11.3 Å². The zero-order chi connectivity index (χ0) is 25.3. The van der Waals surface area contributed by atoms with Crippen LogP contribution >= 0.6 is 0 Å². The molecule has 0 radical (unpaired) electrons. The Morgan fingerprint density at radius 1 is 1.03 bits per heavy atom. The van der Waals surface area contributed by atoms with E-state index in [1.807, 2.05) is 54.7 Å². The molecule has 6 nitrogen and oxygen atoms in total.